The fraction of sp³-hybridized carbons (Fsp3) is 0.579. The molecule has 0 unspecified atom stereocenters. The standard InChI is InChI=1S/C19H27N3O2/c1-15(18(23)21-19(14-20)11-5-4-6-12-19)22(2)13-16-7-9-17(24-3)10-8-16/h7-10,15H,4-6,11-13H2,1-3H3,(H,21,23)/t15-/m0/s1. The van der Waals surface area contributed by atoms with Crippen molar-refractivity contribution in [2.45, 2.75) is 57.2 Å². The SMILES string of the molecule is COc1ccc(CN(C)[C@@H](C)C(=O)NC2(C#N)CCCCC2)cc1. The maximum absolute atomic E-state index is 12.6. The second-order valence-electron chi connectivity index (χ2n) is 6.68. The van der Waals surface area contributed by atoms with Gasteiger partial charge in [0, 0.05) is 6.54 Å². The number of hydrogen-bond donors (Lipinski definition) is 1. The van der Waals surface area contributed by atoms with E-state index in [2.05, 4.69) is 11.4 Å². The second-order valence-corrected chi connectivity index (χ2v) is 6.68. The molecule has 0 heterocycles. The van der Waals surface area contributed by atoms with E-state index in [9.17, 15) is 10.1 Å². The highest BCUT2D eigenvalue weighted by atomic mass is 16.5. The molecule has 0 spiro atoms. The lowest BCUT2D eigenvalue weighted by molar-refractivity contribution is -0.127. The number of carbonyl (C=O) groups is 1. The Morgan fingerprint density at radius 3 is 2.50 bits per heavy atom. The van der Waals surface area contributed by atoms with Gasteiger partial charge in [0.15, 0.2) is 0 Å². The molecular weight excluding hydrogens is 302 g/mol. The van der Waals surface area contributed by atoms with Gasteiger partial charge in [-0.3, -0.25) is 9.69 Å². The number of likely N-dealkylation sites (N-methyl/N-ethyl adjacent to an activating group) is 1. The average molecular weight is 329 g/mol. The maximum Gasteiger partial charge on any atom is 0.238 e. The van der Waals surface area contributed by atoms with Gasteiger partial charge in [-0.15, -0.1) is 0 Å². The van der Waals surface area contributed by atoms with Gasteiger partial charge in [0.1, 0.15) is 11.3 Å². The third-order valence-corrected chi connectivity index (χ3v) is 4.92. The summed E-state index contributed by atoms with van der Waals surface area (Å²) in [6.45, 7) is 2.55. The third kappa shape index (κ3) is 4.48. The Bertz CT molecular complexity index is 586. The molecule has 1 atom stereocenters. The van der Waals surface area contributed by atoms with Crippen LogP contribution in [0.15, 0.2) is 24.3 Å². The Hall–Kier alpha value is -2.06. The van der Waals surface area contributed by atoms with Crippen LogP contribution >= 0.6 is 0 Å². The van der Waals surface area contributed by atoms with E-state index >= 15 is 0 Å². The summed E-state index contributed by atoms with van der Waals surface area (Å²) in [5.41, 5.74) is 0.440. The van der Waals surface area contributed by atoms with E-state index in [4.69, 9.17) is 4.74 Å². The van der Waals surface area contributed by atoms with Crippen molar-refractivity contribution in [3.05, 3.63) is 29.8 Å². The highest BCUT2D eigenvalue weighted by Crippen LogP contribution is 2.27. The zero-order valence-corrected chi connectivity index (χ0v) is 14.8. The molecule has 1 amide bonds. The van der Waals surface area contributed by atoms with Crippen molar-refractivity contribution < 1.29 is 9.53 Å². The average Bonchev–Trinajstić information content (AvgIpc) is 2.62. The number of benzene rings is 1. The Labute approximate surface area is 144 Å². The van der Waals surface area contributed by atoms with E-state index in [1.54, 1.807) is 7.11 Å². The van der Waals surface area contributed by atoms with Crippen molar-refractivity contribution in [2.24, 2.45) is 0 Å². The zero-order chi connectivity index (χ0) is 17.6. The lowest BCUT2D eigenvalue weighted by Crippen LogP contribution is -2.54. The number of nitrogens with zero attached hydrogens (tertiary/aromatic N) is 2. The van der Waals surface area contributed by atoms with E-state index in [0.29, 0.717) is 6.54 Å². The summed E-state index contributed by atoms with van der Waals surface area (Å²) in [5, 5.41) is 12.5. The molecular formula is C19H27N3O2. The lowest BCUT2D eigenvalue weighted by atomic mass is 9.82. The van der Waals surface area contributed by atoms with Gasteiger partial charge in [-0.1, -0.05) is 31.4 Å². The molecule has 2 rings (SSSR count). The molecule has 24 heavy (non-hydrogen) atoms. The van der Waals surface area contributed by atoms with Crippen LogP contribution in [-0.2, 0) is 11.3 Å². The van der Waals surface area contributed by atoms with Gasteiger partial charge in [-0.25, -0.2) is 0 Å². The number of ether oxygens (including phenoxy) is 1. The molecule has 5 heteroatoms. The van der Waals surface area contributed by atoms with Gasteiger partial charge in [0.25, 0.3) is 0 Å². The topological polar surface area (TPSA) is 65.4 Å². The number of methoxy groups -OCH3 is 1. The van der Waals surface area contributed by atoms with Crippen molar-refractivity contribution in [3.63, 3.8) is 0 Å². The first-order valence-electron chi connectivity index (χ1n) is 8.56. The molecule has 130 valence electrons. The van der Waals surface area contributed by atoms with Gasteiger partial charge in [-0.2, -0.15) is 5.26 Å². The number of nitriles is 1. The van der Waals surface area contributed by atoms with E-state index in [1.807, 2.05) is 43.1 Å². The van der Waals surface area contributed by atoms with Gasteiger partial charge in [0.05, 0.1) is 19.2 Å². The fourth-order valence-electron chi connectivity index (χ4n) is 3.12. The number of carbonyl (C=O) groups excluding carboxylic acids is 1. The van der Waals surface area contributed by atoms with Crippen LogP contribution in [-0.4, -0.2) is 36.5 Å². The molecule has 1 aliphatic carbocycles. The molecule has 0 radical (unpaired) electrons. The summed E-state index contributed by atoms with van der Waals surface area (Å²) >= 11 is 0. The van der Waals surface area contributed by atoms with E-state index in [-0.39, 0.29) is 11.9 Å². The number of amides is 1. The third-order valence-electron chi connectivity index (χ3n) is 4.92. The fourth-order valence-corrected chi connectivity index (χ4v) is 3.12. The van der Waals surface area contributed by atoms with Gasteiger partial charge in [0.2, 0.25) is 5.91 Å². The predicted molar refractivity (Wildman–Crippen MR) is 93.5 cm³/mol. The van der Waals surface area contributed by atoms with Crippen LogP contribution < -0.4 is 10.1 Å². The van der Waals surface area contributed by atoms with Crippen LogP contribution in [0.1, 0.15) is 44.6 Å². The highest BCUT2D eigenvalue weighted by Gasteiger charge is 2.35. The first-order chi connectivity index (χ1) is 11.5. The molecule has 1 aromatic carbocycles. The van der Waals surface area contributed by atoms with Crippen molar-refractivity contribution in [3.8, 4) is 11.8 Å². The summed E-state index contributed by atoms with van der Waals surface area (Å²) < 4.78 is 5.16. The van der Waals surface area contributed by atoms with Gasteiger partial charge < -0.3 is 10.1 Å². The largest absolute Gasteiger partial charge is 0.497 e. The summed E-state index contributed by atoms with van der Waals surface area (Å²) in [5.74, 6) is 0.745. The first-order valence-corrected chi connectivity index (χ1v) is 8.56. The van der Waals surface area contributed by atoms with Crippen molar-refractivity contribution in [1.29, 1.82) is 5.26 Å². The van der Waals surface area contributed by atoms with Crippen LogP contribution in [0, 0.1) is 11.3 Å². The normalized spacial score (nSPS) is 17.8. The van der Waals surface area contributed by atoms with Gasteiger partial charge in [-0.05, 0) is 44.5 Å². The van der Waals surface area contributed by atoms with Crippen molar-refractivity contribution in [2.75, 3.05) is 14.2 Å². The van der Waals surface area contributed by atoms with E-state index < -0.39 is 5.54 Å². The molecule has 1 aliphatic rings. The smallest absolute Gasteiger partial charge is 0.238 e. The molecule has 0 bridgehead atoms. The summed E-state index contributed by atoms with van der Waals surface area (Å²) in [4.78, 5) is 14.6. The highest BCUT2D eigenvalue weighted by molar-refractivity contribution is 5.82. The quantitative estimate of drug-likeness (QED) is 0.871. The predicted octanol–water partition coefficient (Wildman–Crippen LogP) is 2.86. The number of rotatable bonds is 6. The molecule has 5 nitrogen and oxygen atoms in total. The minimum atomic E-state index is -0.676. The molecule has 1 fully saturated rings. The van der Waals surface area contributed by atoms with Crippen LogP contribution in [0.3, 0.4) is 0 Å². The summed E-state index contributed by atoms with van der Waals surface area (Å²) in [6, 6.07) is 9.88. The molecule has 0 saturated heterocycles. The molecule has 0 aromatic heterocycles. The van der Waals surface area contributed by atoms with E-state index in [1.165, 1.54) is 0 Å². The van der Waals surface area contributed by atoms with Crippen molar-refractivity contribution in [1.82, 2.24) is 10.2 Å². The van der Waals surface area contributed by atoms with Crippen LogP contribution in [0.2, 0.25) is 0 Å². The molecule has 0 aliphatic heterocycles. The Kier molecular flexibility index (Phi) is 6.22. The summed E-state index contributed by atoms with van der Waals surface area (Å²) in [6.07, 6.45) is 4.66. The van der Waals surface area contributed by atoms with Crippen molar-refractivity contribution >= 4 is 5.91 Å². The molecule has 1 aromatic rings. The molecule has 1 saturated carbocycles. The monoisotopic (exact) mass is 329 g/mol. The second kappa shape index (κ2) is 8.16. The Morgan fingerprint density at radius 2 is 1.96 bits per heavy atom. The molecule has 1 N–H and O–H groups in total. The van der Waals surface area contributed by atoms with Crippen LogP contribution in [0.4, 0.5) is 0 Å². The number of nitrogens with one attached hydrogen (secondary N) is 1. The Balaban J connectivity index is 1.94. The summed E-state index contributed by atoms with van der Waals surface area (Å²) in [7, 11) is 3.57. The Morgan fingerprint density at radius 1 is 1.33 bits per heavy atom. The lowest BCUT2D eigenvalue weighted by Gasteiger charge is -2.34. The van der Waals surface area contributed by atoms with Crippen LogP contribution in [0.5, 0.6) is 5.75 Å². The minimum Gasteiger partial charge on any atom is -0.497 e. The maximum atomic E-state index is 12.6. The van der Waals surface area contributed by atoms with E-state index in [0.717, 1.165) is 43.4 Å². The first kappa shape index (κ1) is 18.3. The van der Waals surface area contributed by atoms with Crippen LogP contribution in [0.25, 0.3) is 0 Å². The number of hydrogen-bond acceptors (Lipinski definition) is 4. The zero-order valence-electron chi connectivity index (χ0n) is 14.8. The minimum absolute atomic E-state index is 0.0746. The van der Waals surface area contributed by atoms with Gasteiger partial charge >= 0.3 is 0 Å².